The lowest BCUT2D eigenvalue weighted by atomic mass is 10.0. The van der Waals surface area contributed by atoms with Crippen molar-refractivity contribution < 1.29 is 9.84 Å². The minimum atomic E-state index is 0.0487. The second kappa shape index (κ2) is 10.2. The molecule has 0 bridgehead atoms. The average molecular weight is 412 g/mol. The number of ether oxygens (including phenoxy) is 1. The molecule has 0 saturated carbocycles. The van der Waals surface area contributed by atoms with Gasteiger partial charge in [0.25, 0.3) is 0 Å². The zero-order valence-corrected chi connectivity index (χ0v) is 17.8. The van der Waals surface area contributed by atoms with Gasteiger partial charge in [0.05, 0.1) is 6.61 Å². The summed E-state index contributed by atoms with van der Waals surface area (Å²) >= 11 is 0. The van der Waals surface area contributed by atoms with Gasteiger partial charge in [-0.2, -0.15) is 0 Å². The van der Waals surface area contributed by atoms with Crippen LogP contribution in [0.2, 0.25) is 0 Å². The quantitative estimate of drug-likeness (QED) is 0.414. The van der Waals surface area contributed by atoms with E-state index >= 15 is 0 Å². The predicted molar refractivity (Wildman–Crippen MR) is 126 cm³/mol. The normalized spacial score (nSPS) is 11.1. The molecular weight excluding hydrogens is 387 g/mol. The zero-order valence-electron chi connectivity index (χ0n) is 16.8. The van der Waals surface area contributed by atoms with E-state index in [-0.39, 0.29) is 6.61 Å². The molecule has 1 atom stereocenters. The molecule has 0 spiro atoms. The molecule has 0 aliphatic heterocycles. The van der Waals surface area contributed by atoms with Crippen LogP contribution < -0.4 is 15.3 Å². The monoisotopic (exact) mass is 412 g/mol. The van der Waals surface area contributed by atoms with E-state index in [1.165, 1.54) is 16.4 Å². The third kappa shape index (κ3) is 5.16. The van der Waals surface area contributed by atoms with Crippen molar-refractivity contribution in [3.8, 4) is 5.75 Å². The molecule has 0 aliphatic carbocycles. The minimum Gasteiger partial charge on any atom is -0.488 e. The van der Waals surface area contributed by atoms with E-state index in [4.69, 9.17) is 4.74 Å². The van der Waals surface area contributed by atoms with Crippen molar-refractivity contribution in [3.63, 3.8) is 0 Å². The molecule has 0 heterocycles. The Kier molecular flexibility index (Phi) is 6.92. The van der Waals surface area contributed by atoms with Crippen molar-refractivity contribution in [2.45, 2.75) is 19.6 Å². The van der Waals surface area contributed by atoms with E-state index < -0.39 is 0 Å². The molecule has 0 radical (unpaired) electrons. The smallest absolute Gasteiger partial charge is 0.131 e. The predicted octanol–water partition coefficient (Wildman–Crippen LogP) is 4.98. The number of benzene rings is 4. The second-order valence-electron chi connectivity index (χ2n) is 7.17. The first kappa shape index (κ1) is 20.3. The first-order chi connectivity index (χ1) is 14.8. The number of para-hydroxylation sites is 1. The highest BCUT2D eigenvalue weighted by molar-refractivity contribution is 7.55. The van der Waals surface area contributed by atoms with Crippen molar-refractivity contribution in [1.82, 2.24) is 0 Å². The summed E-state index contributed by atoms with van der Waals surface area (Å²) in [6, 6.07) is 35.2. The van der Waals surface area contributed by atoms with E-state index in [0.717, 1.165) is 28.6 Å². The lowest BCUT2D eigenvalue weighted by Crippen LogP contribution is -2.13. The molecule has 1 unspecified atom stereocenters. The molecule has 4 aromatic carbocycles. The van der Waals surface area contributed by atoms with Crippen molar-refractivity contribution in [2.75, 3.05) is 0 Å². The van der Waals surface area contributed by atoms with Crippen LogP contribution in [0.15, 0.2) is 103 Å². The summed E-state index contributed by atoms with van der Waals surface area (Å²) in [5.41, 5.74) is 4.57. The SMILES string of the molecule is OCc1ccccc1Pc1cccc(Cc2ccccc2)c1OCc1ccccc1. The van der Waals surface area contributed by atoms with Crippen molar-refractivity contribution in [1.29, 1.82) is 0 Å². The molecular formula is C27H25O2P. The van der Waals surface area contributed by atoms with Crippen LogP contribution in [0.3, 0.4) is 0 Å². The van der Waals surface area contributed by atoms with Crippen LogP contribution in [-0.2, 0) is 19.6 Å². The number of rotatable bonds is 8. The zero-order chi connectivity index (χ0) is 20.6. The van der Waals surface area contributed by atoms with Crippen LogP contribution >= 0.6 is 8.58 Å². The maximum atomic E-state index is 9.74. The maximum Gasteiger partial charge on any atom is 0.131 e. The first-order valence-corrected chi connectivity index (χ1v) is 11.1. The van der Waals surface area contributed by atoms with Gasteiger partial charge in [0, 0.05) is 11.7 Å². The molecule has 4 aromatic rings. The Morgan fingerprint density at radius 1 is 0.600 bits per heavy atom. The Labute approximate surface area is 180 Å². The molecule has 1 N–H and O–H groups in total. The molecule has 0 fully saturated rings. The third-order valence-electron chi connectivity index (χ3n) is 5.02. The molecule has 2 nitrogen and oxygen atoms in total. The summed E-state index contributed by atoms with van der Waals surface area (Å²) in [5.74, 6) is 0.955. The lowest BCUT2D eigenvalue weighted by Gasteiger charge is -2.17. The van der Waals surface area contributed by atoms with Crippen molar-refractivity contribution in [3.05, 3.63) is 125 Å². The number of hydrogen-bond acceptors (Lipinski definition) is 2. The highest BCUT2D eigenvalue weighted by Gasteiger charge is 2.13. The van der Waals surface area contributed by atoms with Gasteiger partial charge in [-0.1, -0.05) is 112 Å². The fourth-order valence-electron chi connectivity index (χ4n) is 3.46. The molecule has 0 aliphatic rings. The molecule has 0 amide bonds. The molecule has 4 rings (SSSR count). The molecule has 3 heteroatoms. The molecule has 30 heavy (non-hydrogen) atoms. The van der Waals surface area contributed by atoms with Crippen LogP contribution in [0.1, 0.15) is 22.3 Å². The number of aliphatic hydroxyl groups is 1. The molecule has 150 valence electrons. The maximum absolute atomic E-state index is 9.74. The molecule has 0 saturated heterocycles. The van der Waals surface area contributed by atoms with Crippen LogP contribution in [0.4, 0.5) is 0 Å². The minimum absolute atomic E-state index is 0.0487. The van der Waals surface area contributed by atoms with E-state index in [9.17, 15) is 5.11 Å². The van der Waals surface area contributed by atoms with Gasteiger partial charge in [0.2, 0.25) is 0 Å². The fourth-order valence-corrected chi connectivity index (χ4v) is 4.78. The molecule has 0 aromatic heterocycles. The highest BCUT2D eigenvalue weighted by Crippen LogP contribution is 2.27. The summed E-state index contributed by atoms with van der Waals surface area (Å²) in [4.78, 5) is 0. The third-order valence-corrected chi connectivity index (χ3v) is 6.44. The van der Waals surface area contributed by atoms with Crippen molar-refractivity contribution >= 4 is 19.2 Å². The Hall–Kier alpha value is -2.93. The van der Waals surface area contributed by atoms with Crippen LogP contribution in [0, 0.1) is 0 Å². The van der Waals surface area contributed by atoms with Crippen molar-refractivity contribution in [2.24, 2.45) is 0 Å². The largest absolute Gasteiger partial charge is 0.488 e. The second-order valence-corrected chi connectivity index (χ2v) is 8.50. The topological polar surface area (TPSA) is 29.5 Å². The standard InChI is InChI=1S/C27H25O2P/c28-19-24-14-7-8-16-25(24)30-26-17-9-15-23(18-21-10-3-1-4-11-21)27(26)29-20-22-12-5-2-6-13-22/h1-17,28,30H,18-20H2. The Bertz CT molecular complexity index is 1080. The lowest BCUT2D eigenvalue weighted by molar-refractivity contribution is 0.283. The first-order valence-electron chi connectivity index (χ1n) is 10.1. The average Bonchev–Trinajstić information content (AvgIpc) is 2.80. The summed E-state index contributed by atoms with van der Waals surface area (Å²) < 4.78 is 6.42. The van der Waals surface area contributed by atoms with E-state index in [0.29, 0.717) is 15.2 Å². The van der Waals surface area contributed by atoms with Gasteiger partial charge in [-0.15, -0.1) is 0 Å². The Morgan fingerprint density at radius 3 is 1.93 bits per heavy atom. The van der Waals surface area contributed by atoms with E-state index in [2.05, 4.69) is 60.7 Å². The van der Waals surface area contributed by atoms with Crippen LogP contribution in [0.5, 0.6) is 5.75 Å². The van der Waals surface area contributed by atoms with Crippen LogP contribution in [-0.4, -0.2) is 5.11 Å². The number of hydrogen-bond donors (Lipinski definition) is 1. The summed E-state index contributed by atoms with van der Waals surface area (Å²) in [7, 11) is 0.421. The van der Waals surface area contributed by atoms with Gasteiger partial charge in [0.1, 0.15) is 12.4 Å². The van der Waals surface area contributed by atoms with Crippen LogP contribution in [0.25, 0.3) is 0 Å². The summed E-state index contributed by atoms with van der Waals surface area (Å²) in [6.45, 7) is 0.582. The van der Waals surface area contributed by atoms with Gasteiger partial charge < -0.3 is 9.84 Å². The fraction of sp³-hybridized carbons (Fsp3) is 0.111. The van der Waals surface area contributed by atoms with Gasteiger partial charge >= 0.3 is 0 Å². The summed E-state index contributed by atoms with van der Waals surface area (Å²) in [5, 5.41) is 12.1. The Morgan fingerprint density at radius 2 is 1.20 bits per heavy atom. The summed E-state index contributed by atoms with van der Waals surface area (Å²) in [6.07, 6.45) is 0.824. The van der Waals surface area contributed by atoms with E-state index in [1.807, 2.05) is 42.5 Å². The Balaban J connectivity index is 1.68. The highest BCUT2D eigenvalue weighted by atomic mass is 31.1. The van der Waals surface area contributed by atoms with Gasteiger partial charge in [0.15, 0.2) is 0 Å². The van der Waals surface area contributed by atoms with Gasteiger partial charge in [-0.25, -0.2) is 0 Å². The van der Waals surface area contributed by atoms with Gasteiger partial charge in [-0.3, -0.25) is 0 Å². The number of aliphatic hydroxyl groups excluding tert-OH is 1. The van der Waals surface area contributed by atoms with E-state index in [1.54, 1.807) is 0 Å². The van der Waals surface area contributed by atoms with Gasteiger partial charge in [-0.05, 0) is 27.6 Å².